The molecule has 0 bridgehead atoms. The normalized spacial score (nSPS) is 37.9. The minimum atomic E-state index is 0.658. The van der Waals surface area contributed by atoms with Gasteiger partial charge in [0.1, 0.15) is 0 Å². The summed E-state index contributed by atoms with van der Waals surface area (Å²) in [6.07, 6.45) is 5.64. The first kappa shape index (κ1) is 13.7. The highest BCUT2D eigenvalue weighted by Crippen LogP contribution is 2.33. The van der Waals surface area contributed by atoms with Gasteiger partial charge in [-0.15, -0.1) is 0 Å². The molecule has 2 nitrogen and oxygen atoms in total. The Morgan fingerprint density at radius 3 is 2.53 bits per heavy atom. The molecule has 1 saturated heterocycles. The quantitative estimate of drug-likeness (QED) is 0.841. The maximum Gasteiger partial charge on any atom is 0.0247 e. The predicted octanol–water partition coefficient (Wildman–Crippen LogP) is 2.58. The summed E-state index contributed by atoms with van der Waals surface area (Å²) in [7, 11) is 0. The van der Waals surface area contributed by atoms with Gasteiger partial charge >= 0.3 is 0 Å². The monoisotopic (exact) mass is 256 g/mol. The molecule has 2 N–H and O–H groups in total. The van der Waals surface area contributed by atoms with Crippen LogP contribution in [0.2, 0.25) is 0 Å². The molecule has 100 valence electrons. The second kappa shape index (κ2) is 6.44. The maximum absolute atomic E-state index is 6.07. The number of hydrogen-bond acceptors (Lipinski definition) is 3. The number of nitrogens with two attached hydrogens (primary N) is 1. The SMILES string of the molecule is CC1CCC(C(CN)N2CCSC(C)C2)CC1. The molecule has 2 unspecified atom stereocenters. The van der Waals surface area contributed by atoms with Gasteiger partial charge in [-0.2, -0.15) is 11.8 Å². The molecule has 2 aliphatic rings. The Hall–Kier alpha value is 0.270. The molecule has 0 aromatic heterocycles. The van der Waals surface area contributed by atoms with E-state index in [1.807, 2.05) is 0 Å². The lowest BCUT2D eigenvalue weighted by molar-refractivity contribution is 0.116. The van der Waals surface area contributed by atoms with Crippen LogP contribution in [0, 0.1) is 11.8 Å². The number of rotatable bonds is 3. The summed E-state index contributed by atoms with van der Waals surface area (Å²) in [5.74, 6) is 3.10. The molecule has 0 amide bonds. The molecular formula is C14H28N2S. The van der Waals surface area contributed by atoms with Crippen molar-refractivity contribution in [2.24, 2.45) is 17.6 Å². The minimum Gasteiger partial charge on any atom is -0.329 e. The fraction of sp³-hybridized carbons (Fsp3) is 1.00. The molecule has 3 heteroatoms. The van der Waals surface area contributed by atoms with Gasteiger partial charge < -0.3 is 5.73 Å². The Kier molecular flexibility index (Phi) is 5.19. The lowest BCUT2D eigenvalue weighted by Crippen LogP contribution is -2.51. The summed E-state index contributed by atoms with van der Waals surface area (Å²) in [4.78, 5) is 2.68. The van der Waals surface area contributed by atoms with Gasteiger partial charge in [-0.25, -0.2) is 0 Å². The average Bonchev–Trinajstić information content (AvgIpc) is 2.33. The van der Waals surface area contributed by atoms with Crippen molar-refractivity contribution in [1.29, 1.82) is 0 Å². The molecule has 0 aromatic rings. The Balaban J connectivity index is 1.90. The van der Waals surface area contributed by atoms with Crippen LogP contribution in [0.25, 0.3) is 0 Å². The van der Waals surface area contributed by atoms with E-state index in [2.05, 4.69) is 30.5 Å². The van der Waals surface area contributed by atoms with E-state index < -0.39 is 0 Å². The van der Waals surface area contributed by atoms with E-state index in [-0.39, 0.29) is 0 Å². The number of thioether (sulfide) groups is 1. The first-order valence-corrected chi connectivity index (χ1v) is 8.31. The zero-order chi connectivity index (χ0) is 12.3. The lowest BCUT2D eigenvalue weighted by Gasteiger charge is -2.42. The fourth-order valence-corrected chi connectivity index (χ4v) is 4.50. The Morgan fingerprint density at radius 1 is 1.24 bits per heavy atom. The van der Waals surface area contributed by atoms with Gasteiger partial charge in [-0.3, -0.25) is 4.90 Å². The van der Waals surface area contributed by atoms with Crippen LogP contribution in [-0.4, -0.2) is 41.6 Å². The summed E-state index contributed by atoms with van der Waals surface area (Å²) in [5, 5.41) is 0.792. The summed E-state index contributed by atoms with van der Waals surface area (Å²) in [5.41, 5.74) is 6.07. The molecule has 2 fully saturated rings. The van der Waals surface area contributed by atoms with E-state index in [0.29, 0.717) is 6.04 Å². The lowest BCUT2D eigenvalue weighted by atomic mass is 9.78. The Labute approximate surface area is 111 Å². The maximum atomic E-state index is 6.07. The van der Waals surface area contributed by atoms with Crippen molar-refractivity contribution in [1.82, 2.24) is 4.90 Å². The van der Waals surface area contributed by atoms with Crippen molar-refractivity contribution >= 4 is 11.8 Å². The van der Waals surface area contributed by atoms with E-state index in [9.17, 15) is 0 Å². The fourth-order valence-electron chi connectivity index (χ4n) is 3.46. The summed E-state index contributed by atoms with van der Waals surface area (Å²) < 4.78 is 0. The molecule has 1 heterocycles. The highest BCUT2D eigenvalue weighted by molar-refractivity contribution is 7.99. The van der Waals surface area contributed by atoms with Crippen molar-refractivity contribution in [3.05, 3.63) is 0 Å². The second-order valence-electron chi connectivity index (χ2n) is 6.00. The summed E-state index contributed by atoms with van der Waals surface area (Å²) in [6.45, 7) is 8.11. The molecule has 1 aliphatic carbocycles. The molecule has 0 radical (unpaired) electrons. The third kappa shape index (κ3) is 3.62. The first-order valence-electron chi connectivity index (χ1n) is 7.26. The average molecular weight is 256 g/mol. The standard InChI is InChI=1S/C14H28N2S/c1-11-3-5-13(6-4-11)14(9-15)16-7-8-17-12(2)10-16/h11-14H,3-10,15H2,1-2H3. The molecule has 17 heavy (non-hydrogen) atoms. The second-order valence-corrected chi connectivity index (χ2v) is 7.55. The van der Waals surface area contributed by atoms with Crippen LogP contribution in [0.15, 0.2) is 0 Å². The van der Waals surface area contributed by atoms with Crippen LogP contribution in [0.1, 0.15) is 39.5 Å². The molecule has 1 aliphatic heterocycles. The molecule has 0 aromatic carbocycles. The smallest absolute Gasteiger partial charge is 0.0247 e. The van der Waals surface area contributed by atoms with Gasteiger partial charge in [0.05, 0.1) is 0 Å². The van der Waals surface area contributed by atoms with Crippen LogP contribution < -0.4 is 5.73 Å². The molecule has 2 atom stereocenters. The van der Waals surface area contributed by atoms with Crippen molar-refractivity contribution in [3.63, 3.8) is 0 Å². The summed E-state index contributed by atoms with van der Waals surface area (Å²) in [6, 6.07) is 0.658. The van der Waals surface area contributed by atoms with Crippen molar-refractivity contribution in [2.75, 3.05) is 25.4 Å². The van der Waals surface area contributed by atoms with Crippen LogP contribution in [0.4, 0.5) is 0 Å². The topological polar surface area (TPSA) is 29.3 Å². The summed E-state index contributed by atoms with van der Waals surface area (Å²) >= 11 is 2.11. The van der Waals surface area contributed by atoms with E-state index >= 15 is 0 Å². The molecule has 0 spiro atoms. The predicted molar refractivity (Wildman–Crippen MR) is 77.5 cm³/mol. The molecule has 1 saturated carbocycles. The van der Waals surface area contributed by atoms with Gasteiger partial charge in [0, 0.05) is 36.7 Å². The zero-order valence-corrected chi connectivity index (χ0v) is 12.2. The van der Waals surface area contributed by atoms with Crippen LogP contribution in [-0.2, 0) is 0 Å². The zero-order valence-electron chi connectivity index (χ0n) is 11.4. The first-order chi connectivity index (χ1) is 8.20. The van der Waals surface area contributed by atoms with Crippen molar-refractivity contribution in [2.45, 2.75) is 50.8 Å². The van der Waals surface area contributed by atoms with E-state index in [0.717, 1.165) is 23.6 Å². The van der Waals surface area contributed by atoms with Gasteiger partial charge in [0.25, 0.3) is 0 Å². The Morgan fingerprint density at radius 2 is 1.94 bits per heavy atom. The third-order valence-corrected chi connectivity index (χ3v) is 5.72. The van der Waals surface area contributed by atoms with E-state index in [4.69, 9.17) is 5.73 Å². The van der Waals surface area contributed by atoms with Crippen molar-refractivity contribution in [3.8, 4) is 0 Å². The largest absolute Gasteiger partial charge is 0.329 e. The van der Waals surface area contributed by atoms with Gasteiger partial charge in [-0.1, -0.05) is 26.7 Å². The van der Waals surface area contributed by atoms with Crippen LogP contribution in [0.3, 0.4) is 0 Å². The minimum absolute atomic E-state index is 0.658. The third-order valence-electron chi connectivity index (χ3n) is 4.59. The number of hydrogen-bond donors (Lipinski definition) is 1. The highest BCUT2D eigenvalue weighted by atomic mass is 32.2. The molecule has 2 rings (SSSR count). The van der Waals surface area contributed by atoms with Crippen molar-refractivity contribution < 1.29 is 0 Å². The van der Waals surface area contributed by atoms with E-state index in [1.54, 1.807) is 0 Å². The molecular weight excluding hydrogens is 228 g/mol. The van der Waals surface area contributed by atoms with E-state index in [1.165, 1.54) is 44.5 Å². The van der Waals surface area contributed by atoms with Gasteiger partial charge in [0.2, 0.25) is 0 Å². The van der Waals surface area contributed by atoms with Crippen LogP contribution in [0.5, 0.6) is 0 Å². The van der Waals surface area contributed by atoms with Crippen LogP contribution >= 0.6 is 11.8 Å². The van der Waals surface area contributed by atoms with Gasteiger partial charge in [-0.05, 0) is 24.7 Å². The Bertz CT molecular complexity index is 226. The highest BCUT2D eigenvalue weighted by Gasteiger charge is 2.31. The number of nitrogens with zero attached hydrogens (tertiary/aromatic N) is 1. The van der Waals surface area contributed by atoms with Gasteiger partial charge in [0.15, 0.2) is 0 Å².